The highest BCUT2D eigenvalue weighted by Gasteiger charge is 2.31. The lowest BCUT2D eigenvalue weighted by Gasteiger charge is -2.18. The summed E-state index contributed by atoms with van der Waals surface area (Å²) in [6, 6.07) is 11.6. The highest BCUT2D eigenvalue weighted by molar-refractivity contribution is 5.96. The number of benzene rings is 2. The van der Waals surface area contributed by atoms with Crippen molar-refractivity contribution in [3.63, 3.8) is 0 Å². The van der Waals surface area contributed by atoms with Crippen molar-refractivity contribution < 1.29 is 13.2 Å². The Morgan fingerprint density at radius 1 is 0.929 bits per heavy atom. The number of rotatable bonds is 1. The van der Waals surface area contributed by atoms with Gasteiger partial charge < -0.3 is 10.3 Å². The Hall–Kier alpha value is -2.87. The summed E-state index contributed by atoms with van der Waals surface area (Å²) in [5, 5.41) is 0.585. The summed E-state index contributed by atoms with van der Waals surface area (Å²) in [5.74, 6) is 6.15. The number of hydrogen-bond acceptors (Lipinski definition) is 1. The third kappa shape index (κ3) is 3.73. The van der Waals surface area contributed by atoms with Gasteiger partial charge in [-0.25, -0.2) is 0 Å². The van der Waals surface area contributed by atoms with Crippen molar-refractivity contribution in [1.29, 1.82) is 0 Å². The third-order valence-corrected chi connectivity index (χ3v) is 4.82. The quantitative estimate of drug-likeness (QED) is 0.516. The molecule has 0 amide bonds. The van der Waals surface area contributed by atoms with E-state index in [1.807, 2.05) is 31.2 Å². The van der Waals surface area contributed by atoms with Crippen LogP contribution in [-0.4, -0.2) is 4.57 Å². The molecule has 0 spiro atoms. The molecule has 0 saturated heterocycles. The predicted molar refractivity (Wildman–Crippen MR) is 108 cm³/mol. The molecule has 2 nitrogen and oxygen atoms in total. The van der Waals surface area contributed by atoms with E-state index in [2.05, 4.69) is 32.6 Å². The number of nitrogens with two attached hydrogens (primary N) is 1. The van der Waals surface area contributed by atoms with Crippen molar-refractivity contribution >= 4 is 16.6 Å². The molecular weight excluding hydrogens is 361 g/mol. The summed E-state index contributed by atoms with van der Waals surface area (Å²) in [4.78, 5) is 0. The van der Waals surface area contributed by atoms with Gasteiger partial charge in [0.25, 0.3) is 0 Å². The Morgan fingerprint density at radius 3 is 2.07 bits per heavy atom. The number of fused-ring (bicyclic) bond motifs is 1. The monoisotopic (exact) mass is 384 g/mol. The zero-order valence-corrected chi connectivity index (χ0v) is 16.4. The summed E-state index contributed by atoms with van der Waals surface area (Å²) in [5.41, 5.74) is 9.01. The van der Waals surface area contributed by atoms with E-state index in [9.17, 15) is 13.2 Å². The standard InChI is InChI=1S/C23H23F3N2/c1-5-28-19(13-8-15-6-9-16(10-7-15)22(2,3)4)21(27)18-12-11-17(14-20(18)28)23(24,25)26/h6-7,9-12,14H,5,27H2,1-4H3. The van der Waals surface area contributed by atoms with Crippen molar-refractivity contribution in [1.82, 2.24) is 4.57 Å². The summed E-state index contributed by atoms with van der Waals surface area (Å²) in [6.45, 7) is 8.76. The van der Waals surface area contributed by atoms with E-state index >= 15 is 0 Å². The lowest BCUT2D eigenvalue weighted by atomic mass is 9.87. The van der Waals surface area contributed by atoms with Gasteiger partial charge in [-0.2, -0.15) is 13.2 Å². The minimum absolute atomic E-state index is 0.0568. The van der Waals surface area contributed by atoms with Crippen LogP contribution in [-0.2, 0) is 18.1 Å². The number of hydrogen-bond donors (Lipinski definition) is 1. The van der Waals surface area contributed by atoms with E-state index in [0.29, 0.717) is 28.8 Å². The zero-order valence-electron chi connectivity index (χ0n) is 16.4. The summed E-state index contributed by atoms with van der Waals surface area (Å²) < 4.78 is 41.0. The van der Waals surface area contributed by atoms with Gasteiger partial charge in [-0.05, 0) is 48.1 Å². The van der Waals surface area contributed by atoms with Crippen LogP contribution < -0.4 is 5.73 Å². The Labute approximate surface area is 163 Å². The van der Waals surface area contributed by atoms with Gasteiger partial charge in [0.05, 0.1) is 16.8 Å². The molecule has 1 aromatic heterocycles. The molecule has 3 rings (SSSR count). The van der Waals surface area contributed by atoms with Gasteiger partial charge in [-0.3, -0.25) is 0 Å². The van der Waals surface area contributed by atoms with Crippen LogP contribution in [0.25, 0.3) is 10.9 Å². The second-order valence-electron chi connectivity index (χ2n) is 7.81. The Bertz CT molecular complexity index is 1070. The number of anilines is 1. The number of halogens is 3. The molecule has 28 heavy (non-hydrogen) atoms. The van der Waals surface area contributed by atoms with Crippen molar-refractivity contribution in [3.8, 4) is 11.8 Å². The maximum atomic E-state index is 13.1. The van der Waals surface area contributed by atoms with Gasteiger partial charge in [0.15, 0.2) is 0 Å². The first kappa shape index (κ1) is 19.9. The number of aromatic nitrogens is 1. The van der Waals surface area contributed by atoms with Crippen LogP contribution >= 0.6 is 0 Å². The van der Waals surface area contributed by atoms with E-state index in [0.717, 1.165) is 17.7 Å². The number of nitrogens with zero attached hydrogens (tertiary/aromatic N) is 1. The highest BCUT2D eigenvalue weighted by atomic mass is 19.4. The van der Waals surface area contributed by atoms with E-state index in [4.69, 9.17) is 5.73 Å². The van der Waals surface area contributed by atoms with Crippen molar-refractivity contribution in [2.75, 3.05) is 5.73 Å². The number of aryl methyl sites for hydroxylation is 1. The molecule has 0 saturated carbocycles. The second-order valence-corrected chi connectivity index (χ2v) is 7.81. The van der Waals surface area contributed by atoms with Crippen molar-refractivity contribution in [2.45, 2.75) is 45.8 Å². The molecule has 1 heterocycles. The second kappa shape index (κ2) is 6.94. The first-order valence-electron chi connectivity index (χ1n) is 9.14. The summed E-state index contributed by atoms with van der Waals surface area (Å²) in [6.07, 6.45) is -4.40. The Morgan fingerprint density at radius 2 is 1.54 bits per heavy atom. The van der Waals surface area contributed by atoms with Crippen LogP contribution in [0.4, 0.5) is 18.9 Å². The third-order valence-electron chi connectivity index (χ3n) is 4.82. The molecule has 0 aliphatic heterocycles. The predicted octanol–water partition coefficient (Wildman–Crippen LogP) is 5.96. The lowest BCUT2D eigenvalue weighted by molar-refractivity contribution is -0.137. The maximum absolute atomic E-state index is 13.1. The van der Waals surface area contributed by atoms with Crippen molar-refractivity contribution in [2.24, 2.45) is 0 Å². The van der Waals surface area contributed by atoms with E-state index < -0.39 is 11.7 Å². The normalized spacial score (nSPS) is 12.1. The first-order valence-corrected chi connectivity index (χ1v) is 9.14. The molecule has 3 aromatic rings. The Kier molecular flexibility index (Phi) is 4.93. The fourth-order valence-corrected chi connectivity index (χ4v) is 3.20. The van der Waals surface area contributed by atoms with E-state index in [1.54, 1.807) is 4.57 Å². The zero-order chi connectivity index (χ0) is 20.7. The largest absolute Gasteiger partial charge is 0.416 e. The molecule has 2 N–H and O–H groups in total. The van der Waals surface area contributed by atoms with Crippen LogP contribution in [0, 0.1) is 11.8 Å². The molecule has 0 unspecified atom stereocenters. The summed E-state index contributed by atoms with van der Waals surface area (Å²) >= 11 is 0. The maximum Gasteiger partial charge on any atom is 0.416 e. The topological polar surface area (TPSA) is 30.9 Å². The van der Waals surface area contributed by atoms with Crippen LogP contribution in [0.15, 0.2) is 42.5 Å². The molecule has 0 bridgehead atoms. The SMILES string of the molecule is CCn1c(C#Cc2ccc(C(C)(C)C)cc2)c(N)c2ccc(C(F)(F)F)cc21. The average molecular weight is 384 g/mol. The molecule has 0 aliphatic rings. The number of alkyl halides is 3. The molecule has 0 atom stereocenters. The smallest absolute Gasteiger partial charge is 0.396 e. The van der Waals surface area contributed by atoms with Gasteiger partial charge in [-0.15, -0.1) is 0 Å². The average Bonchev–Trinajstić information content (AvgIpc) is 2.89. The molecular formula is C23H23F3N2. The van der Waals surface area contributed by atoms with Crippen LogP contribution in [0.5, 0.6) is 0 Å². The van der Waals surface area contributed by atoms with Crippen LogP contribution in [0.1, 0.15) is 50.1 Å². The highest BCUT2D eigenvalue weighted by Crippen LogP contribution is 2.35. The van der Waals surface area contributed by atoms with Gasteiger partial charge >= 0.3 is 6.18 Å². The number of nitrogen functional groups attached to an aromatic ring is 1. The van der Waals surface area contributed by atoms with Gasteiger partial charge in [-0.1, -0.05) is 44.9 Å². The molecule has 0 fully saturated rings. The van der Waals surface area contributed by atoms with Gasteiger partial charge in [0.1, 0.15) is 5.69 Å². The van der Waals surface area contributed by atoms with Crippen LogP contribution in [0.2, 0.25) is 0 Å². The first-order chi connectivity index (χ1) is 13.0. The van der Waals surface area contributed by atoms with Gasteiger partial charge in [0, 0.05) is 17.5 Å². The molecule has 2 aromatic carbocycles. The minimum Gasteiger partial charge on any atom is -0.396 e. The Balaban J connectivity index is 2.07. The van der Waals surface area contributed by atoms with E-state index in [-0.39, 0.29) is 5.41 Å². The van der Waals surface area contributed by atoms with Crippen LogP contribution in [0.3, 0.4) is 0 Å². The molecule has 5 heteroatoms. The van der Waals surface area contributed by atoms with Crippen molar-refractivity contribution in [3.05, 3.63) is 64.8 Å². The fraction of sp³-hybridized carbons (Fsp3) is 0.304. The lowest BCUT2D eigenvalue weighted by Crippen LogP contribution is -2.10. The summed E-state index contributed by atoms with van der Waals surface area (Å²) in [7, 11) is 0. The molecule has 0 radical (unpaired) electrons. The van der Waals surface area contributed by atoms with Gasteiger partial charge in [0.2, 0.25) is 0 Å². The minimum atomic E-state index is -4.40. The molecule has 146 valence electrons. The van der Waals surface area contributed by atoms with E-state index in [1.165, 1.54) is 11.6 Å². The fourth-order valence-electron chi connectivity index (χ4n) is 3.20. The molecule has 0 aliphatic carbocycles.